The SMILES string of the molecule is C=CC(=O)NO[C@@H]1CCN(C(=O)c2cc(C)ccc2OC)C1. The van der Waals surface area contributed by atoms with Gasteiger partial charge in [-0.15, -0.1) is 0 Å². The van der Waals surface area contributed by atoms with Gasteiger partial charge in [0.1, 0.15) is 11.9 Å². The van der Waals surface area contributed by atoms with Gasteiger partial charge in [0.25, 0.3) is 11.8 Å². The van der Waals surface area contributed by atoms with E-state index < -0.39 is 5.91 Å². The maximum absolute atomic E-state index is 12.6. The van der Waals surface area contributed by atoms with Gasteiger partial charge in [-0.1, -0.05) is 18.2 Å². The van der Waals surface area contributed by atoms with Crippen molar-refractivity contribution in [3.63, 3.8) is 0 Å². The molecule has 2 amide bonds. The second-order valence-electron chi connectivity index (χ2n) is 5.15. The molecule has 0 aromatic heterocycles. The summed E-state index contributed by atoms with van der Waals surface area (Å²) in [5.41, 5.74) is 3.82. The summed E-state index contributed by atoms with van der Waals surface area (Å²) < 4.78 is 5.25. The van der Waals surface area contributed by atoms with Crippen molar-refractivity contribution in [2.75, 3.05) is 20.2 Å². The molecule has 0 radical (unpaired) electrons. The second kappa shape index (κ2) is 7.09. The Bertz CT molecular complexity index is 586. The first-order valence-corrected chi connectivity index (χ1v) is 7.07. The minimum Gasteiger partial charge on any atom is -0.496 e. The average molecular weight is 304 g/mol. The molecule has 1 saturated heterocycles. The van der Waals surface area contributed by atoms with E-state index in [1.54, 1.807) is 18.1 Å². The van der Waals surface area contributed by atoms with E-state index in [4.69, 9.17) is 9.57 Å². The number of hydroxylamine groups is 1. The molecule has 6 heteroatoms. The van der Waals surface area contributed by atoms with Crippen LogP contribution in [0.15, 0.2) is 30.9 Å². The zero-order chi connectivity index (χ0) is 16.1. The van der Waals surface area contributed by atoms with E-state index in [1.807, 2.05) is 19.1 Å². The fourth-order valence-electron chi connectivity index (χ4n) is 2.35. The summed E-state index contributed by atoms with van der Waals surface area (Å²) in [6.45, 7) is 6.27. The Balaban J connectivity index is 2.01. The van der Waals surface area contributed by atoms with E-state index in [0.29, 0.717) is 30.8 Å². The predicted octanol–water partition coefficient (Wildman–Crippen LogP) is 1.45. The summed E-state index contributed by atoms with van der Waals surface area (Å²) in [5, 5.41) is 0. The van der Waals surface area contributed by atoms with Crippen LogP contribution in [0, 0.1) is 6.92 Å². The monoisotopic (exact) mass is 304 g/mol. The highest BCUT2D eigenvalue weighted by molar-refractivity contribution is 5.97. The fourth-order valence-corrected chi connectivity index (χ4v) is 2.35. The Morgan fingerprint density at radius 1 is 1.45 bits per heavy atom. The Morgan fingerprint density at radius 2 is 2.23 bits per heavy atom. The lowest BCUT2D eigenvalue weighted by molar-refractivity contribution is -0.132. The normalized spacial score (nSPS) is 17.2. The average Bonchev–Trinajstić information content (AvgIpc) is 3.00. The lowest BCUT2D eigenvalue weighted by Crippen LogP contribution is -2.33. The third kappa shape index (κ3) is 3.65. The second-order valence-corrected chi connectivity index (χ2v) is 5.15. The molecule has 1 aliphatic heterocycles. The summed E-state index contributed by atoms with van der Waals surface area (Å²) in [6.07, 6.45) is 1.58. The Hall–Kier alpha value is -2.34. The van der Waals surface area contributed by atoms with Gasteiger partial charge in [0, 0.05) is 13.1 Å². The fraction of sp³-hybridized carbons (Fsp3) is 0.375. The summed E-state index contributed by atoms with van der Waals surface area (Å²) in [4.78, 5) is 30.6. The van der Waals surface area contributed by atoms with Crippen LogP contribution in [0.4, 0.5) is 0 Å². The van der Waals surface area contributed by atoms with E-state index in [9.17, 15) is 9.59 Å². The van der Waals surface area contributed by atoms with Crippen LogP contribution in [-0.4, -0.2) is 43.0 Å². The van der Waals surface area contributed by atoms with Gasteiger partial charge in [0.15, 0.2) is 0 Å². The van der Waals surface area contributed by atoms with Crippen LogP contribution in [0.5, 0.6) is 5.75 Å². The molecule has 0 saturated carbocycles. The topological polar surface area (TPSA) is 67.9 Å². The number of aryl methyl sites for hydroxylation is 1. The lowest BCUT2D eigenvalue weighted by atomic mass is 10.1. The number of likely N-dealkylation sites (tertiary alicyclic amines) is 1. The van der Waals surface area contributed by atoms with Crippen molar-refractivity contribution in [3.05, 3.63) is 42.0 Å². The molecule has 0 bridgehead atoms. The van der Waals surface area contributed by atoms with Crippen LogP contribution in [-0.2, 0) is 9.63 Å². The lowest BCUT2D eigenvalue weighted by Gasteiger charge is -2.18. The molecule has 1 atom stereocenters. The van der Waals surface area contributed by atoms with Crippen molar-refractivity contribution in [3.8, 4) is 5.75 Å². The first-order chi connectivity index (χ1) is 10.5. The van der Waals surface area contributed by atoms with Gasteiger partial charge in [-0.2, -0.15) is 0 Å². The minimum atomic E-state index is -0.398. The predicted molar refractivity (Wildman–Crippen MR) is 81.5 cm³/mol. The van der Waals surface area contributed by atoms with Crippen molar-refractivity contribution in [1.82, 2.24) is 10.4 Å². The van der Waals surface area contributed by atoms with Crippen molar-refractivity contribution >= 4 is 11.8 Å². The zero-order valence-corrected chi connectivity index (χ0v) is 12.8. The number of nitrogens with one attached hydrogen (secondary N) is 1. The first kappa shape index (κ1) is 16.0. The third-order valence-electron chi connectivity index (χ3n) is 3.53. The number of benzene rings is 1. The van der Waals surface area contributed by atoms with Gasteiger partial charge in [-0.25, -0.2) is 5.48 Å². The van der Waals surface area contributed by atoms with Crippen LogP contribution in [0.3, 0.4) is 0 Å². The van der Waals surface area contributed by atoms with Crippen molar-refractivity contribution in [2.45, 2.75) is 19.4 Å². The van der Waals surface area contributed by atoms with Gasteiger partial charge < -0.3 is 9.64 Å². The number of ether oxygens (including phenoxy) is 1. The highest BCUT2D eigenvalue weighted by Gasteiger charge is 2.29. The van der Waals surface area contributed by atoms with E-state index in [1.165, 1.54) is 0 Å². The summed E-state index contributed by atoms with van der Waals surface area (Å²) in [7, 11) is 1.54. The van der Waals surface area contributed by atoms with Gasteiger partial charge >= 0.3 is 0 Å². The number of hydrogen-bond acceptors (Lipinski definition) is 4. The minimum absolute atomic E-state index is 0.0957. The van der Waals surface area contributed by atoms with Crippen molar-refractivity contribution in [1.29, 1.82) is 0 Å². The van der Waals surface area contributed by atoms with Gasteiger partial charge in [0.2, 0.25) is 0 Å². The third-order valence-corrected chi connectivity index (χ3v) is 3.53. The molecular formula is C16H20N2O4. The maximum Gasteiger partial charge on any atom is 0.266 e. The molecule has 22 heavy (non-hydrogen) atoms. The molecule has 6 nitrogen and oxygen atoms in total. The van der Waals surface area contributed by atoms with Crippen LogP contribution in [0.2, 0.25) is 0 Å². The number of hydrogen-bond donors (Lipinski definition) is 1. The molecule has 1 aliphatic rings. The molecular weight excluding hydrogens is 284 g/mol. The van der Waals surface area contributed by atoms with Gasteiger partial charge in [0.05, 0.1) is 12.7 Å². The molecule has 1 fully saturated rings. The molecule has 0 aliphatic carbocycles. The van der Waals surface area contributed by atoms with Crippen molar-refractivity contribution in [2.24, 2.45) is 0 Å². The quantitative estimate of drug-likeness (QED) is 0.660. The standard InChI is InChI=1S/C16H20N2O4/c1-4-15(19)17-22-12-7-8-18(10-12)16(20)13-9-11(2)5-6-14(13)21-3/h4-6,9,12H,1,7-8,10H2,2-3H3,(H,17,19)/t12-/m1/s1. The highest BCUT2D eigenvalue weighted by Crippen LogP contribution is 2.23. The van der Waals surface area contributed by atoms with E-state index >= 15 is 0 Å². The highest BCUT2D eigenvalue weighted by atomic mass is 16.7. The number of carbonyl (C=O) groups excluding carboxylic acids is 2. The molecule has 1 heterocycles. The van der Waals surface area contributed by atoms with Crippen LogP contribution >= 0.6 is 0 Å². The van der Waals surface area contributed by atoms with Crippen LogP contribution in [0.1, 0.15) is 22.3 Å². The molecule has 1 aromatic carbocycles. The molecule has 1 aromatic rings. The van der Waals surface area contributed by atoms with Crippen molar-refractivity contribution < 1.29 is 19.2 Å². The van der Waals surface area contributed by atoms with Crippen LogP contribution < -0.4 is 10.2 Å². The van der Waals surface area contributed by atoms with Gasteiger partial charge in [-0.05, 0) is 31.6 Å². The number of carbonyl (C=O) groups is 2. The summed E-state index contributed by atoms with van der Waals surface area (Å²) in [5.74, 6) is 0.0618. The maximum atomic E-state index is 12.6. The Morgan fingerprint density at radius 3 is 2.91 bits per heavy atom. The smallest absolute Gasteiger partial charge is 0.266 e. The first-order valence-electron chi connectivity index (χ1n) is 7.07. The largest absolute Gasteiger partial charge is 0.496 e. The number of nitrogens with zero attached hydrogens (tertiary/aromatic N) is 1. The van der Waals surface area contributed by atoms with E-state index in [0.717, 1.165) is 11.6 Å². The summed E-state index contributed by atoms with van der Waals surface area (Å²) in [6, 6.07) is 5.50. The molecule has 0 unspecified atom stereocenters. The van der Waals surface area contributed by atoms with E-state index in [2.05, 4.69) is 12.1 Å². The van der Waals surface area contributed by atoms with Gasteiger partial charge in [-0.3, -0.25) is 14.4 Å². The molecule has 0 spiro atoms. The number of rotatable bonds is 5. The zero-order valence-electron chi connectivity index (χ0n) is 12.8. The molecule has 118 valence electrons. The van der Waals surface area contributed by atoms with Crippen LogP contribution in [0.25, 0.3) is 0 Å². The summed E-state index contributed by atoms with van der Waals surface area (Å²) >= 11 is 0. The Labute approximate surface area is 129 Å². The van der Waals surface area contributed by atoms with E-state index in [-0.39, 0.29) is 12.0 Å². The number of methoxy groups -OCH3 is 1. The molecule has 1 N–H and O–H groups in total. The Kier molecular flexibility index (Phi) is 5.16. The molecule has 2 rings (SSSR count). The number of amides is 2.